The Bertz CT molecular complexity index is 778. The average Bonchev–Trinajstić information content (AvgIpc) is 2.96. The minimum atomic E-state index is -0.360. The molecule has 0 unspecified atom stereocenters. The summed E-state index contributed by atoms with van der Waals surface area (Å²) in [6.45, 7) is 1.73. The van der Waals surface area contributed by atoms with Crippen molar-refractivity contribution < 1.29 is 9.59 Å². The van der Waals surface area contributed by atoms with Crippen molar-refractivity contribution in [3.63, 3.8) is 0 Å². The molecular weight excluding hydrogens is 373 g/mol. The number of nitrogens with one attached hydrogen (secondary N) is 2. The highest BCUT2D eigenvalue weighted by molar-refractivity contribution is 7.15. The summed E-state index contributed by atoms with van der Waals surface area (Å²) in [6.07, 6.45) is 1.77. The average molecular weight is 386 g/mol. The van der Waals surface area contributed by atoms with Crippen LogP contribution in [-0.4, -0.2) is 28.2 Å². The molecule has 0 saturated carbocycles. The lowest BCUT2D eigenvalue weighted by Gasteiger charge is -1.99. The Balaban J connectivity index is 1.87. The third kappa shape index (κ3) is 5.55. The fraction of sp³-hybridized carbons (Fsp3) is 0.214. The van der Waals surface area contributed by atoms with E-state index in [-0.39, 0.29) is 18.2 Å². The van der Waals surface area contributed by atoms with Crippen LogP contribution in [0.15, 0.2) is 23.3 Å². The lowest BCUT2D eigenvalue weighted by Crippen LogP contribution is -2.19. The first kappa shape index (κ1) is 18.3. The van der Waals surface area contributed by atoms with Crippen molar-refractivity contribution in [2.75, 3.05) is 5.32 Å². The summed E-state index contributed by atoms with van der Waals surface area (Å²) >= 11 is 12.9. The molecule has 2 aromatic rings. The Hall–Kier alpha value is -2.03. The lowest BCUT2D eigenvalue weighted by atomic mass is 10.2. The molecule has 0 aliphatic carbocycles. The van der Waals surface area contributed by atoms with Gasteiger partial charge < -0.3 is 5.32 Å². The van der Waals surface area contributed by atoms with E-state index in [1.807, 2.05) is 0 Å². The number of hydrazone groups is 1. The molecule has 2 N–H and O–H groups in total. The summed E-state index contributed by atoms with van der Waals surface area (Å²) in [5.41, 5.74) is 3.00. The van der Waals surface area contributed by atoms with Crippen molar-refractivity contribution in [2.45, 2.75) is 19.8 Å². The number of amides is 2. The highest BCUT2D eigenvalue weighted by atomic mass is 35.5. The van der Waals surface area contributed by atoms with Gasteiger partial charge in [0.1, 0.15) is 5.01 Å². The van der Waals surface area contributed by atoms with Crippen LogP contribution in [0.25, 0.3) is 0 Å². The predicted octanol–water partition coefficient (Wildman–Crippen LogP) is 2.89. The number of anilines is 1. The van der Waals surface area contributed by atoms with E-state index in [1.165, 1.54) is 6.21 Å². The van der Waals surface area contributed by atoms with E-state index in [1.54, 1.807) is 25.1 Å². The Labute approximate surface area is 152 Å². The second-order valence-electron chi connectivity index (χ2n) is 4.54. The molecule has 7 nitrogen and oxygen atoms in total. The van der Waals surface area contributed by atoms with Crippen LogP contribution in [0.4, 0.5) is 5.13 Å². The van der Waals surface area contributed by atoms with Gasteiger partial charge in [-0.3, -0.25) is 9.59 Å². The van der Waals surface area contributed by atoms with Crippen molar-refractivity contribution in [1.29, 1.82) is 0 Å². The molecule has 2 amide bonds. The molecule has 0 saturated heterocycles. The van der Waals surface area contributed by atoms with Crippen LogP contribution >= 0.6 is 34.5 Å². The van der Waals surface area contributed by atoms with Gasteiger partial charge in [0, 0.05) is 17.0 Å². The highest BCUT2D eigenvalue weighted by Gasteiger charge is 2.10. The van der Waals surface area contributed by atoms with Crippen LogP contribution < -0.4 is 10.7 Å². The molecule has 0 fully saturated rings. The summed E-state index contributed by atoms with van der Waals surface area (Å²) < 4.78 is 0. The number of carbonyl (C=O) groups excluding carboxylic acids is 2. The Morgan fingerprint density at radius 3 is 2.79 bits per heavy atom. The quantitative estimate of drug-likeness (QED) is 0.589. The number of hydrogen-bond acceptors (Lipinski definition) is 6. The molecule has 10 heteroatoms. The van der Waals surface area contributed by atoms with Gasteiger partial charge in [-0.05, 0) is 12.1 Å². The standard InChI is InChI=1S/C14H13Cl2N5O2S/c1-2-11(22)18-14-21-20-13(24-14)6-12(23)19-17-7-8-3-4-9(15)5-10(8)16/h3-5,7H,2,6H2,1H3,(H,19,23)(H,18,21,22)/b17-7-. The zero-order valence-electron chi connectivity index (χ0n) is 12.5. The SMILES string of the molecule is CCC(=O)Nc1nnc(CC(=O)N/N=C\c2ccc(Cl)cc2Cl)s1. The summed E-state index contributed by atoms with van der Waals surface area (Å²) in [4.78, 5) is 23.0. The summed E-state index contributed by atoms with van der Waals surface area (Å²) in [7, 11) is 0. The van der Waals surface area contributed by atoms with E-state index in [2.05, 4.69) is 26.0 Å². The van der Waals surface area contributed by atoms with Crippen molar-refractivity contribution in [3.05, 3.63) is 38.8 Å². The topological polar surface area (TPSA) is 96.3 Å². The minimum Gasteiger partial charge on any atom is -0.301 e. The largest absolute Gasteiger partial charge is 0.301 e. The van der Waals surface area contributed by atoms with Crippen molar-refractivity contribution >= 4 is 57.7 Å². The molecular formula is C14H13Cl2N5O2S. The molecule has 1 aromatic heterocycles. The molecule has 0 spiro atoms. The van der Waals surface area contributed by atoms with Crippen LogP contribution in [0.1, 0.15) is 23.9 Å². The fourth-order valence-corrected chi connectivity index (χ4v) is 2.75. The van der Waals surface area contributed by atoms with E-state index in [4.69, 9.17) is 23.2 Å². The summed E-state index contributed by atoms with van der Waals surface area (Å²) in [5.74, 6) is -0.521. The zero-order valence-corrected chi connectivity index (χ0v) is 14.9. The number of aromatic nitrogens is 2. The lowest BCUT2D eigenvalue weighted by molar-refractivity contribution is -0.120. The minimum absolute atomic E-state index is 0.00531. The van der Waals surface area contributed by atoms with Crippen LogP contribution in [0, 0.1) is 0 Å². The summed E-state index contributed by atoms with van der Waals surface area (Å²) in [5, 5.41) is 15.8. The van der Waals surface area contributed by atoms with Gasteiger partial charge in [-0.15, -0.1) is 10.2 Å². The van der Waals surface area contributed by atoms with Crippen LogP contribution in [0.3, 0.4) is 0 Å². The monoisotopic (exact) mass is 385 g/mol. The molecule has 0 radical (unpaired) electrons. The van der Waals surface area contributed by atoms with Gasteiger partial charge >= 0.3 is 0 Å². The molecule has 24 heavy (non-hydrogen) atoms. The van der Waals surface area contributed by atoms with E-state index < -0.39 is 0 Å². The fourth-order valence-electron chi connectivity index (χ4n) is 1.54. The summed E-state index contributed by atoms with van der Waals surface area (Å²) in [6, 6.07) is 4.94. The van der Waals surface area contributed by atoms with Gasteiger partial charge in [0.2, 0.25) is 16.9 Å². The number of carbonyl (C=O) groups is 2. The van der Waals surface area contributed by atoms with Gasteiger partial charge in [0.05, 0.1) is 17.7 Å². The Morgan fingerprint density at radius 2 is 2.08 bits per heavy atom. The smallest absolute Gasteiger partial charge is 0.247 e. The number of nitrogens with zero attached hydrogens (tertiary/aromatic N) is 3. The number of hydrogen-bond donors (Lipinski definition) is 2. The molecule has 0 aliphatic heterocycles. The number of rotatable bonds is 6. The Morgan fingerprint density at radius 1 is 1.29 bits per heavy atom. The van der Waals surface area contributed by atoms with Crippen molar-refractivity contribution in [1.82, 2.24) is 15.6 Å². The maximum absolute atomic E-state index is 11.8. The first-order chi connectivity index (χ1) is 11.5. The van der Waals surface area contributed by atoms with Crippen molar-refractivity contribution in [2.24, 2.45) is 5.10 Å². The Kier molecular flexibility index (Phi) is 6.65. The number of benzene rings is 1. The third-order valence-electron chi connectivity index (χ3n) is 2.70. The van der Waals surface area contributed by atoms with Gasteiger partial charge in [0.15, 0.2) is 0 Å². The van der Waals surface area contributed by atoms with Gasteiger partial charge in [-0.25, -0.2) is 5.43 Å². The second kappa shape index (κ2) is 8.72. The highest BCUT2D eigenvalue weighted by Crippen LogP contribution is 2.19. The molecule has 0 bridgehead atoms. The zero-order chi connectivity index (χ0) is 17.5. The van der Waals surface area contributed by atoms with Gasteiger partial charge in [0.25, 0.3) is 0 Å². The van der Waals surface area contributed by atoms with Crippen molar-refractivity contribution in [3.8, 4) is 0 Å². The predicted molar refractivity (Wildman–Crippen MR) is 94.7 cm³/mol. The molecule has 0 aliphatic rings. The maximum atomic E-state index is 11.8. The molecule has 126 valence electrons. The third-order valence-corrected chi connectivity index (χ3v) is 4.10. The van der Waals surface area contributed by atoms with Gasteiger partial charge in [-0.2, -0.15) is 5.10 Å². The number of halogens is 2. The molecule has 0 atom stereocenters. The maximum Gasteiger partial charge on any atom is 0.247 e. The molecule has 2 rings (SSSR count). The van der Waals surface area contributed by atoms with E-state index in [0.717, 1.165) is 11.3 Å². The normalized spacial score (nSPS) is 10.8. The van der Waals surface area contributed by atoms with E-state index >= 15 is 0 Å². The molecule has 1 aromatic carbocycles. The van der Waals surface area contributed by atoms with Crippen LogP contribution in [0.2, 0.25) is 10.0 Å². The first-order valence-corrected chi connectivity index (χ1v) is 8.44. The van der Waals surface area contributed by atoms with Gasteiger partial charge in [-0.1, -0.05) is 47.5 Å². The second-order valence-corrected chi connectivity index (χ2v) is 6.44. The van der Waals surface area contributed by atoms with Crippen LogP contribution in [-0.2, 0) is 16.0 Å². The molecule has 1 heterocycles. The first-order valence-electron chi connectivity index (χ1n) is 6.87. The van der Waals surface area contributed by atoms with E-state index in [0.29, 0.717) is 32.2 Å². The van der Waals surface area contributed by atoms with Crippen LogP contribution in [0.5, 0.6) is 0 Å². The van der Waals surface area contributed by atoms with E-state index in [9.17, 15) is 9.59 Å².